The number of hydrogen-bond donors (Lipinski definition) is 1. The Balaban J connectivity index is 0.000000209. The number of nitrogens with one attached hydrogen (secondary N) is 1. The molecule has 216 valence electrons. The lowest BCUT2D eigenvalue weighted by molar-refractivity contribution is -0.122. The molecule has 0 saturated heterocycles. The maximum atomic E-state index is 12.7. The number of halogens is 1. The van der Waals surface area contributed by atoms with Crippen molar-refractivity contribution < 1.29 is 13.9 Å². The molecule has 1 unspecified atom stereocenters. The molecule has 2 heterocycles. The zero-order valence-electron chi connectivity index (χ0n) is 24.8. The van der Waals surface area contributed by atoms with Gasteiger partial charge >= 0.3 is 0 Å². The van der Waals surface area contributed by atoms with Gasteiger partial charge < -0.3 is 15.0 Å². The molecule has 0 fully saturated rings. The van der Waals surface area contributed by atoms with E-state index in [1.807, 2.05) is 81.1 Å². The van der Waals surface area contributed by atoms with Gasteiger partial charge in [0.2, 0.25) is 5.91 Å². The minimum atomic E-state index is -0.283. The Morgan fingerprint density at radius 1 is 1.14 bits per heavy atom. The molecule has 9 heteroatoms. The number of amides is 1. The summed E-state index contributed by atoms with van der Waals surface area (Å²) in [6, 6.07) is 19.7. The quantitative estimate of drug-likeness (QED) is 0.276. The van der Waals surface area contributed by atoms with Crippen LogP contribution in [0.25, 0.3) is 33.1 Å². The predicted octanol–water partition coefficient (Wildman–Crippen LogP) is 5.58. The largest absolute Gasteiger partial charge is 0.496 e. The first-order valence-corrected chi connectivity index (χ1v) is 13.6. The van der Waals surface area contributed by atoms with Gasteiger partial charge in [-0.2, -0.15) is 10.4 Å². The number of benzene rings is 3. The smallest absolute Gasteiger partial charge is 0.227 e. The Morgan fingerprint density at radius 3 is 2.45 bits per heavy atom. The van der Waals surface area contributed by atoms with Crippen LogP contribution < -0.4 is 10.1 Å². The standard InChI is InChI=1S/C20H16N4O.C13H19FN2O/c1-12-8-15-16(9-18(12)25-3)22-11-17-19(15)20(23-24(17)2)14-6-4-13(10-21)5-7-14;1-10(11-4-6-12(14)7-5-11)13(17)15-8-9-16(2)3/h4-9,11H,1-3H3;4-7,10H,8-9H2,1-3H3,(H,15,17). The summed E-state index contributed by atoms with van der Waals surface area (Å²) in [5, 5.41) is 18.7. The van der Waals surface area contributed by atoms with Crippen LogP contribution in [0.5, 0.6) is 5.75 Å². The first-order valence-electron chi connectivity index (χ1n) is 13.6. The fourth-order valence-corrected chi connectivity index (χ4v) is 4.65. The van der Waals surface area contributed by atoms with E-state index in [-0.39, 0.29) is 17.6 Å². The van der Waals surface area contributed by atoms with E-state index in [1.54, 1.807) is 19.2 Å². The van der Waals surface area contributed by atoms with Gasteiger partial charge in [0.15, 0.2) is 0 Å². The maximum absolute atomic E-state index is 12.7. The van der Waals surface area contributed by atoms with Crippen LogP contribution in [0.2, 0.25) is 0 Å². The summed E-state index contributed by atoms with van der Waals surface area (Å²) in [7, 11) is 7.49. The molecule has 2 aromatic heterocycles. The lowest BCUT2D eigenvalue weighted by atomic mass is 10.0. The molecular formula is C33H35FN6O2. The second kappa shape index (κ2) is 13.2. The van der Waals surface area contributed by atoms with Crippen molar-refractivity contribution in [2.75, 3.05) is 34.3 Å². The van der Waals surface area contributed by atoms with Crippen LogP contribution in [0, 0.1) is 24.1 Å². The molecule has 1 amide bonds. The number of likely N-dealkylation sites (N-methyl/N-ethyl adjacent to an activating group) is 1. The van der Waals surface area contributed by atoms with Gasteiger partial charge in [-0.25, -0.2) is 4.39 Å². The van der Waals surface area contributed by atoms with Crippen LogP contribution in [0.3, 0.4) is 0 Å². The number of aromatic nitrogens is 3. The number of nitriles is 1. The van der Waals surface area contributed by atoms with Crippen LogP contribution in [0.15, 0.2) is 66.9 Å². The molecule has 0 aliphatic carbocycles. The molecule has 5 rings (SSSR count). The van der Waals surface area contributed by atoms with Crippen molar-refractivity contribution >= 4 is 27.7 Å². The number of fused-ring (bicyclic) bond motifs is 3. The third-order valence-electron chi connectivity index (χ3n) is 7.11. The Hall–Kier alpha value is -4.81. The van der Waals surface area contributed by atoms with Gasteiger partial charge in [-0.1, -0.05) is 24.3 Å². The second-order valence-corrected chi connectivity index (χ2v) is 10.4. The summed E-state index contributed by atoms with van der Waals surface area (Å²) in [4.78, 5) is 18.4. The maximum Gasteiger partial charge on any atom is 0.227 e. The zero-order valence-corrected chi connectivity index (χ0v) is 24.8. The number of ether oxygens (including phenoxy) is 1. The van der Waals surface area contributed by atoms with E-state index >= 15 is 0 Å². The average Bonchev–Trinajstić information content (AvgIpc) is 3.33. The fraction of sp³-hybridized carbons (Fsp3) is 0.273. The minimum absolute atomic E-state index is 0.0292. The Bertz CT molecular complexity index is 1740. The van der Waals surface area contributed by atoms with Crippen LogP contribution in [-0.2, 0) is 11.8 Å². The van der Waals surface area contributed by atoms with E-state index in [4.69, 9.17) is 15.1 Å². The minimum Gasteiger partial charge on any atom is -0.496 e. The molecule has 42 heavy (non-hydrogen) atoms. The number of aryl methyl sites for hydroxylation is 2. The summed E-state index contributed by atoms with van der Waals surface area (Å²) in [6.45, 7) is 5.27. The third-order valence-corrected chi connectivity index (χ3v) is 7.11. The number of hydrogen-bond acceptors (Lipinski definition) is 6. The van der Waals surface area contributed by atoms with Gasteiger partial charge in [0.05, 0.1) is 41.9 Å². The van der Waals surface area contributed by atoms with E-state index in [0.717, 1.165) is 56.5 Å². The van der Waals surface area contributed by atoms with Crippen LogP contribution >= 0.6 is 0 Å². The number of pyridine rings is 1. The molecule has 3 aromatic carbocycles. The summed E-state index contributed by atoms with van der Waals surface area (Å²) in [5.41, 5.74) is 6.22. The van der Waals surface area contributed by atoms with E-state index < -0.39 is 0 Å². The van der Waals surface area contributed by atoms with Gasteiger partial charge in [0.25, 0.3) is 0 Å². The van der Waals surface area contributed by atoms with Crippen molar-refractivity contribution in [1.82, 2.24) is 25.0 Å². The summed E-state index contributed by atoms with van der Waals surface area (Å²) in [6.07, 6.45) is 1.84. The predicted molar refractivity (Wildman–Crippen MR) is 164 cm³/mol. The lowest BCUT2D eigenvalue weighted by Crippen LogP contribution is -2.33. The van der Waals surface area contributed by atoms with Gasteiger partial charge in [0.1, 0.15) is 17.3 Å². The molecule has 0 saturated carbocycles. The highest BCUT2D eigenvalue weighted by atomic mass is 19.1. The molecule has 5 aromatic rings. The van der Waals surface area contributed by atoms with E-state index in [1.165, 1.54) is 12.1 Å². The molecule has 1 atom stereocenters. The molecule has 0 aliphatic rings. The molecule has 0 spiro atoms. The van der Waals surface area contributed by atoms with E-state index in [0.29, 0.717) is 12.1 Å². The first-order chi connectivity index (χ1) is 20.1. The lowest BCUT2D eigenvalue weighted by Gasteiger charge is -2.14. The van der Waals surface area contributed by atoms with Crippen LogP contribution in [0.1, 0.15) is 29.5 Å². The molecule has 0 aliphatic heterocycles. The Labute approximate surface area is 245 Å². The number of methoxy groups -OCH3 is 1. The highest BCUT2D eigenvalue weighted by Gasteiger charge is 2.16. The molecule has 8 nitrogen and oxygen atoms in total. The number of carbonyl (C=O) groups is 1. The molecule has 1 N–H and O–H groups in total. The van der Waals surface area contributed by atoms with Crippen molar-refractivity contribution in [2.24, 2.45) is 7.05 Å². The summed E-state index contributed by atoms with van der Waals surface area (Å²) >= 11 is 0. The fourth-order valence-electron chi connectivity index (χ4n) is 4.65. The topological polar surface area (TPSA) is 96.1 Å². The van der Waals surface area contributed by atoms with Gasteiger partial charge in [-0.05, 0) is 69.4 Å². The number of carbonyl (C=O) groups excluding carboxylic acids is 1. The zero-order chi connectivity index (χ0) is 30.4. The van der Waals surface area contributed by atoms with Crippen LogP contribution in [0.4, 0.5) is 4.39 Å². The van der Waals surface area contributed by atoms with Crippen molar-refractivity contribution in [3.63, 3.8) is 0 Å². The molecule has 0 radical (unpaired) electrons. The van der Waals surface area contributed by atoms with Crippen molar-refractivity contribution in [3.05, 3.63) is 89.4 Å². The Morgan fingerprint density at radius 2 is 1.83 bits per heavy atom. The second-order valence-electron chi connectivity index (χ2n) is 10.4. The molecule has 0 bridgehead atoms. The van der Waals surface area contributed by atoms with Gasteiger partial charge in [0, 0.05) is 42.5 Å². The van der Waals surface area contributed by atoms with Crippen molar-refractivity contribution in [3.8, 4) is 23.1 Å². The number of rotatable bonds is 7. The van der Waals surface area contributed by atoms with Crippen LogP contribution in [-0.4, -0.2) is 59.9 Å². The van der Waals surface area contributed by atoms with Gasteiger partial charge in [-0.3, -0.25) is 14.5 Å². The summed E-state index contributed by atoms with van der Waals surface area (Å²) < 4.78 is 20.0. The highest BCUT2D eigenvalue weighted by molar-refractivity contribution is 6.11. The monoisotopic (exact) mass is 566 g/mol. The first kappa shape index (κ1) is 30.2. The summed E-state index contributed by atoms with van der Waals surface area (Å²) in [5.74, 6) is 0.258. The number of nitrogens with zero attached hydrogens (tertiary/aromatic N) is 5. The van der Waals surface area contributed by atoms with E-state index in [2.05, 4.69) is 22.4 Å². The van der Waals surface area contributed by atoms with Crippen molar-refractivity contribution in [2.45, 2.75) is 19.8 Å². The third kappa shape index (κ3) is 6.73. The SMILES string of the molecule is CC(C(=O)NCCN(C)C)c1ccc(F)cc1.COc1cc2ncc3c(c(-c4ccc(C#N)cc4)nn3C)c2cc1C. The average molecular weight is 567 g/mol. The Kier molecular flexibility index (Phi) is 9.50. The normalized spacial score (nSPS) is 11.6. The van der Waals surface area contributed by atoms with E-state index in [9.17, 15) is 9.18 Å². The van der Waals surface area contributed by atoms with Crippen molar-refractivity contribution in [1.29, 1.82) is 5.26 Å². The van der Waals surface area contributed by atoms with Gasteiger partial charge in [-0.15, -0.1) is 0 Å². The highest BCUT2D eigenvalue weighted by Crippen LogP contribution is 2.35. The molecular weight excluding hydrogens is 531 g/mol.